The Kier molecular flexibility index (Phi) is 67.7. The molecular formula is C112H186N6O6S2. The molecule has 126 heavy (non-hydrogen) atoms. The van der Waals surface area contributed by atoms with Crippen LogP contribution in [0.15, 0.2) is 83.0 Å². The quantitative estimate of drug-likeness (QED) is 0.0269. The lowest BCUT2D eigenvalue weighted by molar-refractivity contribution is 0.234. The first-order valence-electron chi connectivity index (χ1n) is 53.9. The van der Waals surface area contributed by atoms with Crippen molar-refractivity contribution in [3.63, 3.8) is 0 Å². The maximum Gasteiger partial charge on any atom is 0.203 e. The van der Waals surface area contributed by atoms with Crippen LogP contribution in [-0.2, 0) is 0 Å². The summed E-state index contributed by atoms with van der Waals surface area (Å²) in [6, 6.07) is 24.8. The molecule has 0 atom stereocenters. The number of benzene rings is 4. The highest BCUT2D eigenvalue weighted by atomic mass is 32.1. The molecule has 0 fully saturated rings. The predicted molar refractivity (Wildman–Crippen MR) is 545 cm³/mol. The van der Waals surface area contributed by atoms with Gasteiger partial charge in [0.1, 0.15) is 20.0 Å². The molecule has 0 aliphatic heterocycles. The molecule has 6 aromatic rings. The molecule has 2 aromatic heterocycles. The number of azo groups is 1. The largest absolute Gasteiger partial charge is 0.490 e. The molecule has 0 unspecified atom stereocenters. The third-order valence-corrected chi connectivity index (χ3v) is 27.4. The Bertz CT molecular complexity index is 3160. The molecule has 14 heteroatoms. The van der Waals surface area contributed by atoms with Crippen LogP contribution in [0.1, 0.15) is 504 Å². The minimum atomic E-state index is 0.635. The Labute approximate surface area is 781 Å². The van der Waals surface area contributed by atoms with E-state index in [0.29, 0.717) is 39.6 Å². The minimum Gasteiger partial charge on any atom is -0.490 e. The average Bonchev–Trinajstić information content (AvgIpc) is 1.64. The topological polar surface area (TPSA) is 132 Å². The zero-order valence-electron chi connectivity index (χ0n) is 82.0. The third kappa shape index (κ3) is 53.0. The zero-order chi connectivity index (χ0) is 88.8. The molecule has 0 saturated carbocycles. The van der Waals surface area contributed by atoms with Crippen molar-refractivity contribution in [2.24, 2.45) is 10.2 Å². The lowest BCUT2D eigenvalue weighted by Crippen LogP contribution is -2.06. The molecule has 0 bridgehead atoms. The lowest BCUT2D eigenvalue weighted by Gasteiger charge is -2.18. The van der Waals surface area contributed by atoms with E-state index in [4.69, 9.17) is 59.0 Å². The first-order valence-corrected chi connectivity index (χ1v) is 55.5. The molecule has 0 amide bonds. The van der Waals surface area contributed by atoms with Crippen LogP contribution in [0, 0.1) is 0 Å². The molecule has 0 N–H and O–H groups in total. The van der Waals surface area contributed by atoms with Gasteiger partial charge >= 0.3 is 0 Å². The Morgan fingerprint density at radius 1 is 0.183 bits per heavy atom. The van der Waals surface area contributed by atoms with Crippen LogP contribution in [0.25, 0.3) is 42.3 Å². The summed E-state index contributed by atoms with van der Waals surface area (Å²) in [5, 5.41) is 32.0. The lowest BCUT2D eigenvalue weighted by atomic mass is 10.1. The van der Waals surface area contributed by atoms with E-state index in [0.717, 1.165) is 152 Å². The summed E-state index contributed by atoms with van der Waals surface area (Å²) in [6.07, 6.45) is 93.9. The van der Waals surface area contributed by atoms with Gasteiger partial charge in [0.05, 0.1) is 51.0 Å². The monoisotopic (exact) mass is 1780 g/mol. The molecule has 0 spiro atoms. The first-order chi connectivity index (χ1) is 62.5. The number of ether oxygens (including phenoxy) is 6. The summed E-state index contributed by atoms with van der Waals surface area (Å²) < 4.78 is 41.0. The van der Waals surface area contributed by atoms with Crippen molar-refractivity contribution in [1.82, 2.24) is 20.4 Å². The number of hydrogen-bond acceptors (Lipinski definition) is 14. The van der Waals surface area contributed by atoms with Gasteiger partial charge in [0.15, 0.2) is 23.0 Å². The normalized spacial score (nSPS) is 11.6. The Morgan fingerprint density at radius 3 is 0.508 bits per heavy atom. The molecule has 0 aliphatic rings. The third-order valence-electron chi connectivity index (χ3n) is 25.4. The van der Waals surface area contributed by atoms with Gasteiger partial charge in [0.25, 0.3) is 0 Å². The second-order valence-corrected chi connectivity index (χ2v) is 39.1. The van der Waals surface area contributed by atoms with Crippen LogP contribution in [0.3, 0.4) is 0 Å². The molecule has 0 aliphatic carbocycles. The summed E-state index contributed by atoms with van der Waals surface area (Å²) in [6.45, 7) is 17.6. The van der Waals surface area contributed by atoms with E-state index in [1.54, 1.807) is 22.7 Å². The maximum absolute atomic E-state index is 6.83. The van der Waals surface area contributed by atoms with Gasteiger partial charge in [-0.2, -0.15) is 10.2 Å². The van der Waals surface area contributed by atoms with E-state index in [-0.39, 0.29) is 0 Å². The fraction of sp³-hybridized carbons (Fsp3) is 0.750. The molecule has 2 heterocycles. The molecule has 0 saturated heterocycles. The van der Waals surface area contributed by atoms with E-state index < -0.39 is 0 Å². The van der Waals surface area contributed by atoms with Gasteiger partial charge < -0.3 is 28.4 Å². The van der Waals surface area contributed by atoms with E-state index in [1.807, 2.05) is 24.3 Å². The van der Waals surface area contributed by atoms with Crippen molar-refractivity contribution in [2.45, 2.75) is 504 Å². The second kappa shape index (κ2) is 78.1. The van der Waals surface area contributed by atoms with Crippen molar-refractivity contribution in [3.05, 3.63) is 72.8 Å². The number of nitrogens with zero attached hydrogens (tertiary/aromatic N) is 6. The highest BCUT2D eigenvalue weighted by Gasteiger charge is 2.23. The molecule has 0 radical (unpaired) electrons. The average molecular weight is 1780 g/mol. The Hall–Kier alpha value is -5.60. The zero-order valence-corrected chi connectivity index (χ0v) is 83.7. The number of hydrogen-bond donors (Lipinski definition) is 0. The van der Waals surface area contributed by atoms with Gasteiger partial charge in [-0.3, -0.25) is 0 Å². The van der Waals surface area contributed by atoms with Crippen molar-refractivity contribution < 1.29 is 28.4 Å². The SMILES string of the molecule is CCCCCCCCCCCCCCOc1cc(-c2nnc(-c3ccc(N=Nc4ccc(-c5nnc(-c6cc(OCCCCCCCCCCCCCC)c(OCCCCCCCCCCCCCC)c(OCCCCCCCCCCCCCC)c6)s5)cc4)cc3)s2)cc(OCCCCCCCCCCCCCC)c1OCCCCCCCCCCCCCC. The summed E-state index contributed by atoms with van der Waals surface area (Å²) in [4.78, 5) is 0. The van der Waals surface area contributed by atoms with Gasteiger partial charge in [-0.1, -0.05) is 488 Å². The number of rotatable bonds is 90. The van der Waals surface area contributed by atoms with Crippen molar-refractivity contribution in [3.8, 4) is 76.8 Å². The highest BCUT2D eigenvalue weighted by molar-refractivity contribution is 7.18. The summed E-state index contributed by atoms with van der Waals surface area (Å²) in [7, 11) is 0. The Morgan fingerprint density at radius 2 is 0.333 bits per heavy atom. The van der Waals surface area contributed by atoms with Crippen LogP contribution < -0.4 is 28.4 Å². The standard InChI is InChI=1S/C112H186N6O6S2/c1-7-13-19-25-31-37-43-49-55-61-67-73-87-119-103-93-99(94-104(120-88-74-68-62-56-50-44-38-32-26-20-14-8-2)107(103)123-91-77-71-65-59-53-47-41-35-29-23-17-11-5)111-117-115-109(125-111)97-79-83-101(84-80-97)113-114-102-85-81-98(82-86-102)110-116-118-112(126-110)100-95-105(121-89-75-69-63-57-51-45-39-33-27-21-15-9-3)108(124-92-78-72-66-60-54-48-42-36-30-24-18-12-6)106(96-100)122-90-76-70-64-58-52-46-40-34-28-22-16-10-4/h79-86,93-96H,7-78,87-92H2,1-6H3. The number of unbranched alkanes of at least 4 members (excludes halogenated alkanes) is 66. The van der Waals surface area contributed by atoms with Crippen LogP contribution in [-0.4, -0.2) is 60.0 Å². The fourth-order valence-electron chi connectivity index (χ4n) is 17.2. The van der Waals surface area contributed by atoms with E-state index in [2.05, 4.69) is 90.1 Å². The van der Waals surface area contributed by atoms with Gasteiger partial charge in [0, 0.05) is 22.3 Å². The predicted octanol–water partition coefficient (Wildman–Crippen LogP) is 39.0. The highest BCUT2D eigenvalue weighted by Crippen LogP contribution is 2.46. The molecule has 12 nitrogen and oxygen atoms in total. The van der Waals surface area contributed by atoms with Gasteiger partial charge in [0.2, 0.25) is 11.5 Å². The summed E-state index contributed by atoms with van der Waals surface area (Å²) in [5.41, 5.74) is 5.31. The van der Waals surface area contributed by atoms with Crippen molar-refractivity contribution >= 4 is 34.0 Å². The minimum absolute atomic E-state index is 0.635. The van der Waals surface area contributed by atoms with E-state index >= 15 is 0 Å². The fourth-order valence-corrected chi connectivity index (χ4v) is 18.9. The second-order valence-electron chi connectivity index (χ2n) is 37.1. The van der Waals surface area contributed by atoms with E-state index in [9.17, 15) is 0 Å². The van der Waals surface area contributed by atoms with Crippen LogP contribution >= 0.6 is 22.7 Å². The first kappa shape index (κ1) is 109. The molecule has 712 valence electrons. The molecule has 4 aromatic carbocycles. The summed E-state index contributed by atoms with van der Waals surface area (Å²) in [5.74, 6) is 4.45. The smallest absolute Gasteiger partial charge is 0.203 e. The van der Waals surface area contributed by atoms with Crippen LogP contribution in [0.5, 0.6) is 34.5 Å². The molecular weight excluding hydrogens is 1590 g/mol. The van der Waals surface area contributed by atoms with Crippen molar-refractivity contribution in [1.29, 1.82) is 0 Å². The van der Waals surface area contributed by atoms with Gasteiger partial charge in [-0.25, -0.2) is 0 Å². The van der Waals surface area contributed by atoms with Crippen molar-refractivity contribution in [2.75, 3.05) is 39.6 Å². The van der Waals surface area contributed by atoms with Gasteiger partial charge in [-0.15, -0.1) is 20.4 Å². The van der Waals surface area contributed by atoms with E-state index in [1.165, 1.54) is 398 Å². The summed E-state index contributed by atoms with van der Waals surface area (Å²) >= 11 is 3.17. The molecule has 6 rings (SSSR count). The van der Waals surface area contributed by atoms with Crippen LogP contribution in [0.4, 0.5) is 11.4 Å². The van der Waals surface area contributed by atoms with Crippen LogP contribution in [0.2, 0.25) is 0 Å². The number of aromatic nitrogens is 4. The Balaban J connectivity index is 1.14. The maximum atomic E-state index is 6.83. The van der Waals surface area contributed by atoms with Gasteiger partial charge in [-0.05, 0) is 111 Å².